The maximum Gasteiger partial charge on any atom is 0.122 e. The maximum absolute atomic E-state index is 5.99. The number of hydrogen-bond donors (Lipinski definition) is 2. The minimum Gasteiger partial charge on any atom is -0.384 e. The van der Waals surface area contributed by atoms with E-state index in [9.17, 15) is 0 Å². The minimum absolute atomic E-state index is 0.00488. The van der Waals surface area contributed by atoms with Gasteiger partial charge in [-0.05, 0) is 32.9 Å². The van der Waals surface area contributed by atoms with E-state index in [-0.39, 0.29) is 6.10 Å². The third kappa shape index (κ3) is 2.20. The summed E-state index contributed by atoms with van der Waals surface area (Å²) in [5.74, 6) is 0.741. The van der Waals surface area contributed by atoms with Crippen molar-refractivity contribution in [1.82, 2.24) is 15.1 Å². The smallest absolute Gasteiger partial charge is 0.122 e. The molecule has 0 aliphatic carbocycles. The number of ether oxygens (including phenoxy) is 1. The van der Waals surface area contributed by atoms with Crippen LogP contribution in [0.3, 0.4) is 0 Å². The number of nitrogen functional groups attached to an aromatic ring is 1. The van der Waals surface area contributed by atoms with Gasteiger partial charge < -0.3 is 15.8 Å². The Morgan fingerprint density at radius 3 is 2.88 bits per heavy atom. The largest absolute Gasteiger partial charge is 0.384 e. The van der Waals surface area contributed by atoms with Crippen molar-refractivity contribution in [2.24, 2.45) is 0 Å². The fourth-order valence-electron chi connectivity index (χ4n) is 2.09. The van der Waals surface area contributed by atoms with E-state index in [0.29, 0.717) is 6.04 Å². The Balaban J connectivity index is 2.17. The molecule has 1 aromatic heterocycles. The van der Waals surface area contributed by atoms with Crippen molar-refractivity contribution in [1.29, 1.82) is 0 Å². The molecule has 0 aromatic carbocycles. The van der Waals surface area contributed by atoms with Gasteiger partial charge in [0.25, 0.3) is 0 Å². The van der Waals surface area contributed by atoms with Crippen LogP contribution in [0.15, 0.2) is 6.07 Å². The Morgan fingerprint density at radius 1 is 1.56 bits per heavy atom. The second-order valence-electron chi connectivity index (χ2n) is 4.30. The molecule has 2 heterocycles. The molecular formula is C11H20N4O. The second kappa shape index (κ2) is 4.84. The van der Waals surface area contributed by atoms with E-state index in [4.69, 9.17) is 10.5 Å². The highest BCUT2D eigenvalue weighted by molar-refractivity contribution is 5.32. The van der Waals surface area contributed by atoms with Crippen LogP contribution < -0.4 is 11.1 Å². The summed E-state index contributed by atoms with van der Waals surface area (Å²) >= 11 is 0. The summed E-state index contributed by atoms with van der Waals surface area (Å²) in [5, 5.41) is 7.88. The van der Waals surface area contributed by atoms with E-state index in [0.717, 1.165) is 37.4 Å². The van der Waals surface area contributed by atoms with Crippen LogP contribution in [0.2, 0.25) is 0 Å². The second-order valence-corrected chi connectivity index (χ2v) is 4.30. The van der Waals surface area contributed by atoms with Gasteiger partial charge in [0.15, 0.2) is 0 Å². The van der Waals surface area contributed by atoms with Crippen molar-refractivity contribution in [2.45, 2.75) is 31.9 Å². The number of nitrogens with zero attached hydrogens (tertiary/aromatic N) is 2. The number of piperidine rings is 1. The van der Waals surface area contributed by atoms with Crippen molar-refractivity contribution in [3.8, 4) is 0 Å². The Kier molecular flexibility index (Phi) is 3.46. The molecule has 2 rings (SSSR count). The lowest BCUT2D eigenvalue weighted by Crippen LogP contribution is -2.30. The third-order valence-corrected chi connectivity index (χ3v) is 3.21. The summed E-state index contributed by atoms with van der Waals surface area (Å²) in [6.45, 7) is 4.06. The lowest BCUT2D eigenvalue weighted by atomic mass is 10.1. The van der Waals surface area contributed by atoms with Crippen molar-refractivity contribution in [2.75, 3.05) is 25.9 Å². The summed E-state index contributed by atoms with van der Waals surface area (Å²) in [6.07, 6.45) is 2.18. The summed E-state index contributed by atoms with van der Waals surface area (Å²) in [5.41, 5.74) is 6.90. The monoisotopic (exact) mass is 224 g/mol. The van der Waals surface area contributed by atoms with Crippen LogP contribution in [-0.4, -0.2) is 30.0 Å². The molecule has 1 aliphatic rings. The molecular weight excluding hydrogens is 204 g/mol. The van der Waals surface area contributed by atoms with Gasteiger partial charge >= 0.3 is 0 Å². The Hall–Kier alpha value is -1.07. The fourth-order valence-corrected chi connectivity index (χ4v) is 2.09. The normalized spacial score (nSPS) is 19.9. The average Bonchev–Trinajstić information content (AvgIpc) is 2.71. The molecule has 0 radical (unpaired) electrons. The first kappa shape index (κ1) is 11.4. The molecule has 0 amide bonds. The number of nitrogens with one attached hydrogen (secondary N) is 1. The number of rotatable bonds is 3. The van der Waals surface area contributed by atoms with Crippen LogP contribution in [0, 0.1) is 0 Å². The molecule has 0 bridgehead atoms. The van der Waals surface area contributed by atoms with Gasteiger partial charge in [-0.3, -0.25) is 0 Å². The minimum atomic E-state index is 0.00488. The SMILES string of the molecule is COC(C)c1cc(N)n(C2CCNCC2)n1. The van der Waals surface area contributed by atoms with Gasteiger partial charge in [0.05, 0.1) is 17.8 Å². The molecule has 1 saturated heterocycles. The van der Waals surface area contributed by atoms with Crippen molar-refractivity contribution < 1.29 is 4.74 Å². The highest BCUT2D eigenvalue weighted by atomic mass is 16.5. The number of nitrogens with two attached hydrogens (primary N) is 1. The zero-order valence-corrected chi connectivity index (χ0v) is 9.94. The van der Waals surface area contributed by atoms with Gasteiger partial charge in [-0.2, -0.15) is 5.10 Å². The molecule has 0 saturated carbocycles. The van der Waals surface area contributed by atoms with Gasteiger partial charge in [-0.15, -0.1) is 0 Å². The molecule has 1 atom stereocenters. The molecule has 90 valence electrons. The molecule has 5 nitrogen and oxygen atoms in total. The predicted molar refractivity (Wildman–Crippen MR) is 63.2 cm³/mol. The van der Waals surface area contributed by atoms with Gasteiger partial charge in [-0.25, -0.2) is 4.68 Å². The molecule has 16 heavy (non-hydrogen) atoms. The Bertz CT molecular complexity index is 344. The van der Waals surface area contributed by atoms with Gasteiger partial charge in [-0.1, -0.05) is 0 Å². The number of aromatic nitrogens is 2. The highest BCUT2D eigenvalue weighted by Gasteiger charge is 2.20. The highest BCUT2D eigenvalue weighted by Crippen LogP contribution is 2.24. The fraction of sp³-hybridized carbons (Fsp3) is 0.727. The van der Waals surface area contributed by atoms with E-state index >= 15 is 0 Å². The topological polar surface area (TPSA) is 65.1 Å². The lowest BCUT2D eigenvalue weighted by Gasteiger charge is -2.23. The summed E-state index contributed by atoms with van der Waals surface area (Å²) < 4.78 is 7.20. The first-order chi connectivity index (χ1) is 7.72. The summed E-state index contributed by atoms with van der Waals surface area (Å²) in [4.78, 5) is 0. The van der Waals surface area contributed by atoms with Crippen LogP contribution in [-0.2, 0) is 4.74 Å². The Morgan fingerprint density at radius 2 is 2.25 bits per heavy atom. The molecule has 1 aromatic rings. The first-order valence-corrected chi connectivity index (χ1v) is 5.81. The van der Waals surface area contributed by atoms with Crippen molar-refractivity contribution in [3.63, 3.8) is 0 Å². The van der Waals surface area contributed by atoms with E-state index < -0.39 is 0 Å². The van der Waals surface area contributed by atoms with Gasteiger partial charge in [0.2, 0.25) is 0 Å². The van der Waals surface area contributed by atoms with Crippen LogP contribution in [0.25, 0.3) is 0 Å². The van der Waals surface area contributed by atoms with Gasteiger partial charge in [0, 0.05) is 13.2 Å². The summed E-state index contributed by atoms with van der Waals surface area (Å²) in [7, 11) is 1.68. The van der Waals surface area contributed by atoms with Crippen LogP contribution in [0.4, 0.5) is 5.82 Å². The van der Waals surface area contributed by atoms with E-state index in [2.05, 4.69) is 10.4 Å². The number of methoxy groups -OCH3 is 1. The standard InChI is InChI=1S/C11H20N4O/c1-8(16-2)10-7-11(12)15(14-10)9-3-5-13-6-4-9/h7-9,13H,3-6,12H2,1-2H3. The van der Waals surface area contributed by atoms with Crippen LogP contribution >= 0.6 is 0 Å². The lowest BCUT2D eigenvalue weighted by molar-refractivity contribution is 0.115. The Labute approximate surface area is 96.0 Å². The van der Waals surface area contributed by atoms with Crippen molar-refractivity contribution in [3.05, 3.63) is 11.8 Å². The molecule has 1 fully saturated rings. The quantitative estimate of drug-likeness (QED) is 0.807. The average molecular weight is 224 g/mol. The summed E-state index contributed by atoms with van der Waals surface area (Å²) in [6, 6.07) is 2.34. The first-order valence-electron chi connectivity index (χ1n) is 5.81. The van der Waals surface area contributed by atoms with E-state index in [1.165, 1.54) is 0 Å². The molecule has 1 aliphatic heterocycles. The number of anilines is 1. The van der Waals surface area contributed by atoms with Crippen LogP contribution in [0.5, 0.6) is 0 Å². The third-order valence-electron chi connectivity index (χ3n) is 3.21. The maximum atomic E-state index is 5.99. The molecule has 5 heteroatoms. The molecule has 1 unspecified atom stereocenters. The van der Waals surface area contributed by atoms with Crippen molar-refractivity contribution >= 4 is 5.82 Å². The molecule has 0 spiro atoms. The zero-order chi connectivity index (χ0) is 11.5. The van der Waals surface area contributed by atoms with Crippen LogP contribution in [0.1, 0.15) is 37.6 Å². The number of hydrogen-bond acceptors (Lipinski definition) is 4. The molecule has 3 N–H and O–H groups in total. The predicted octanol–water partition coefficient (Wildman–Crippen LogP) is 1.10. The van der Waals surface area contributed by atoms with Gasteiger partial charge in [0.1, 0.15) is 5.82 Å². The zero-order valence-electron chi connectivity index (χ0n) is 9.94. The van der Waals surface area contributed by atoms with E-state index in [1.807, 2.05) is 17.7 Å². The van der Waals surface area contributed by atoms with E-state index in [1.54, 1.807) is 7.11 Å².